The van der Waals surface area contributed by atoms with Crippen molar-refractivity contribution in [3.63, 3.8) is 0 Å². The summed E-state index contributed by atoms with van der Waals surface area (Å²) in [6, 6.07) is 19.4. The molecule has 0 atom stereocenters. The van der Waals surface area contributed by atoms with Crippen LogP contribution in [0.1, 0.15) is 33.4 Å². The second-order valence-electron chi connectivity index (χ2n) is 6.23. The van der Waals surface area contributed by atoms with Crippen LogP contribution in [0.4, 0.5) is 11.4 Å². The molecule has 126 valence electrons. The van der Waals surface area contributed by atoms with E-state index < -0.39 is 0 Å². The predicted molar refractivity (Wildman–Crippen MR) is 110 cm³/mol. The SMILES string of the molecule is Cc1cc(N)ccc1C#Cc1ccc(C#Cc2ccc(N)cc2C)cc1. The Kier molecular flexibility index (Phi) is 4.97. The number of hydrogen-bond donors (Lipinski definition) is 2. The van der Waals surface area contributed by atoms with E-state index in [9.17, 15) is 0 Å². The highest BCUT2D eigenvalue weighted by Crippen LogP contribution is 2.13. The maximum absolute atomic E-state index is 5.77. The third-order valence-corrected chi connectivity index (χ3v) is 4.07. The summed E-state index contributed by atoms with van der Waals surface area (Å²) in [4.78, 5) is 0. The zero-order chi connectivity index (χ0) is 18.5. The van der Waals surface area contributed by atoms with Crippen molar-refractivity contribution in [1.82, 2.24) is 0 Å². The average Bonchev–Trinajstić information content (AvgIpc) is 2.61. The first-order valence-corrected chi connectivity index (χ1v) is 8.37. The van der Waals surface area contributed by atoms with Gasteiger partial charge in [-0.15, -0.1) is 0 Å². The summed E-state index contributed by atoms with van der Waals surface area (Å²) < 4.78 is 0. The molecule has 0 saturated heterocycles. The highest BCUT2D eigenvalue weighted by Gasteiger charge is 1.96. The van der Waals surface area contributed by atoms with Gasteiger partial charge in [-0.1, -0.05) is 23.7 Å². The first kappa shape index (κ1) is 17.2. The van der Waals surface area contributed by atoms with Crippen LogP contribution in [-0.4, -0.2) is 0 Å². The molecule has 0 bridgehead atoms. The molecule has 0 saturated carbocycles. The van der Waals surface area contributed by atoms with Crippen molar-refractivity contribution in [2.45, 2.75) is 13.8 Å². The molecule has 0 heterocycles. The Morgan fingerprint density at radius 2 is 0.923 bits per heavy atom. The van der Waals surface area contributed by atoms with Crippen LogP contribution in [0, 0.1) is 37.5 Å². The molecule has 0 aliphatic heterocycles. The van der Waals surface area contributed by atoms with Crippen LogP contribution in [-0.2, 0) is 0 Å². The third-order valence-electron chi connectivity index (χ3n) is 4.07. The molecule has 0 spiro atoms. The normalized spacial score (nSPS) is 9.62. The lowest BCUT2D eigenvalue weighted by Crippen LogP contribution is -1.88. The Morgan fingerprint density at radius 3 is 1.27 bits per heavy atom. The van der Waals surface area contributed by atoms with Gasteiger partial charge >= 0.3 is 0 Å². The maximum atomic E-state index is 5.77. The molecule has 3 aromatic rings. The second-order valence-corrected chi connectivity index (χ2v) is 6.23. The fourth-order valence-electron chi connectivity index (χ4n) is 2.57. The highest BCUT2D eigenvalue weighted by atomic mass is 14.5. The van der Waals surface area contributed by atoms with E-state index in [1.54, 1.807) is 0 Å². The van der Waals surface area contributed by atoms with Gasteiger partial charge in [-0.2, -0.15) is 0 Å². The molecule has 26 heavy (non-hydrogen) atoms. The molecule has 3 aromatic carbocycles. The van der Waals surface area contributed by atoms with Crippen molar-refractivity contribution in [3.05, 3.63) is 94.0 Å². The van der Waals surface area contributed by atoms with Crippen LogP contribution in [0.3, 0.4) is 0 Å². The summed E-state index contributed by atoms with van der Waals surface area (Å²) in [5.74, 6) is 12.8. The minimum atomic E-state index is 0.757. The van der Waals surface area contributed by atoms with Crippen LogP contribution in [0.15, 0.2) is 60.7 Å². The number of nitrogen functional groups attached to an aromatic ring is 2. The van der Waals surface area contributed by atoms with Crippen LogP contribution in [0.2, 0.25) is 0 Å². The van der Waals surface area contributed by atoms with Crippen LogP contribution in [0.25, 0.3) is 0 Å². The Bertz CT molecular complexity index is 981. The van der Waals surface area contributed by atoms with Gasteiger partial charge in [-0.3, -0.25) is 0 Å². The summed E-state index contributed by atoms with van der Waals surface area (Å²) >= 11 is 0. The Labute approximate surface area is 154 Å². The van der Waals surface area contributed by atoms with Gasteiger partial charge in [0, 0.05) is 33.6 Å². The van der Waals surface area contributed by atoms with Gasteiger partial charge in [0.2, 0.25) is 0 Å². The van der Waals surface area contributed by atoms with Gasteiger partial charge in [0.25, 0.3) is 0 Å². The zero-order valence-electron chi connectivity index (χ0n) is 14.9. The summed E-state index contributed by atoms with van der Waals surface area (Å²) in [6.45, 7) is 4.02. The van der Waals surface area contributed by atoms with Gasteiger partial charge in [0.05, 0.1) is 0 Å². The van der Waals surface area contributed by atoms with E-state index in [1.165, 1.54) is 0 Å². The number of hydrogen-bond acceptors (Lipinski definition) is 2. The quantitative estimate of drug-likeness (QED) is 0.476. The maximum Gasteiger partial charge on any atom is 0.0317 e. The number of benzene rings is 3. The summed E-state index contributed by atoms with van der Waals surface area (Å²) in [7, 11) is 0. The van der Waals surface area contributed by atoms with Gasteiger partial charge in [-0.25, -0.2) is 0 Å². The van der Waals surface area contributed by atoms with E-state index >= 15 is 0 Å². The Hall–Kier alpha value is -3.62. The Morgan fingerprint density at radius 1 is 0.538 bits per heavy atom. The van der Waals surface area contributed by atoms with E-state index in [0.29, 0.717) is 0 Å². The van der Waals surface area contributed by atoms with E-state index in [-0.39, 0.29) is 0 Å². The molecule has 0 aliphatic rings. The second kappa shape index (κ2) is 7.51. The molecule has 2 heteroatoms. The van der Waals surface area contributed by atoms with E-state index in [4.69, 9.17) is 11.5 Å². The molecule has 0 amide bonds. The molecule has 0 aliphatic carbocycles. The smallest absolute Gasteiger partial charge is 0.0317 e. The minimum absolute atomic E-state index is 0.757. The molecule has 0 unspecified atom stereocenters. The standard InChI is InChI=1S/C24H20N2/c1-17-15-23(25)13-11-21(17)9-7-19-3-5-20(6-4-19)8-10-22-12-14-24(26)16-18(22)2/h3-6,11-16H,25-26H2,1-2H3. The lowest BCUT2D eigenvalue weighted by molar-refractivity contribution is 1.43. The van der Waals surface area contributed by atoms with Gasteiger partial charge in [0.15, 0.2) is 0 Å². The molecule has 2 nitrogen and oxygen atoms in total. The fraction of sp³-hybridized carbons (Fsp3) is 0.0833. The first-order valence-electron chi connectivity index (χ1n) is 8.37. The lowest BCUT2D eigenvalue weighted by atomic mass is 10.1. The molecule has 0 fully saturated rings. The zero-order valence-corrected chi connectivity index (χ0v) is 14.9. The highest BCUT2D eigenvalue weighted by molar-refractivity contribution is 5.54. The molecular formula is C24H20N2. The van der Waals surface area contributed by atoms with E-state index in [1.807, 2.05) is 74.5 Å². The minimum Gasteiger partial charge on any atom is -0.399 e. The molecule has 0 radical (unpaired) electrons. The monoisotopic (exact) mass is 336 g/mol. The predicted octanol–water partition coefficient (Wildman–Crippen LogP) is 4.27. The van der Waals surface area contributed by atoms with Crippen molar-refractivity contribution >= 4 is 11.4 Å². The van der Waals surface area contributed by atoms with E-state index in [0.717, 1.165) is 44.8 Å². The van der Waals surface area contributed by atoms with Crippen molar-refractivity contribution < 1.29 is 0 Å². The number of anilines is 2. The number of rotatable bonds is 0. The largest absolute Gasteiger partial charge is 0.399 e. The Balaban J connectivity index is 1.78. The molecule has 4 N–H and O–H groups in total. The van der Waals surface area contributed by atoms with Gasteiger partial charge in [0.1, 0.15) is 0 Å². The molecule has 3 rings (SSSR count). The number of aryl methyl sites for hydroxylation is 2. The average molecular weight is 336 g/mol. The third kappa shape index (κ3) is 4.26. The van der Waals surface area contributed by atoms with Gasteiger partial charge in [-0.05, 0) is 85.6 Å². The van der Waals surface area contributed by atoms with Crippen LogP contribution >= 0.6 is 0 Å². The first-order chi connectivity index (χ1) is 12.5. The molecular weight excluding hydrogens is 316 g/mol. The summed E-state index contributed by atoms with van der Waals surface area (Å²) in [5.41, 5.74) is 19.1. The fourth-order valence-corrected chi connectivity index (χ4v) is 2.57. The molecule has 0 aromatic heterocycles. The lowest BCUT2D eigenvalue weighted by Gasteiger charge is -1.99. The van der Waals surface area contributed by atoms with Gasteiger partial charge < -0.3 is 11.5 Å². The summed E-state index contributed by atoms with van der Waals surface area (Å²) in [5, 5.41) is 0. The van der Waals surface area contributed by atoms with Crippen molar-refractivity contribution in [3.8, 4) is 23.7 Å². The van der Waals surface area contributed by atoms with Crippen molar-refractivity contribution in [1.29, 1.82) is 0 Å². The van der Waals surface area contributed by atoms with Crippen LogP contribution in [0.5, 0.6) is 0 Å². The summed E-state index contributed by atoms with van der Waals surface area (Å²) in [6.07, 6.45) is 0. The van der Waals surface area contributed by atoms with E-state index in [2.05, 4.69) is 23.7 Å². The topological polar surface area (TPSA) is 52.0 Å². The van der Waals surface area contributed by atoms with Crippen LogP contribution < -0.4 is 11.5 Å². The van der Waals surface area contributed by atoms with Crippen molar-refractivity contribution in [2.24, 2.45) is 0 Å². The van der Waals surface area contributed by atoms with Crippen molar-refractivity contribution in [2.75, 3.05) is 11.5 Å². The number of nitrogens with two attached hydrogens (primary N) is 2.